The predicted octanol–water partition coefficient (Wildman–Crippen LogP) is 2.99. The Balaban J connectivity index is 1.42. The van der Waals surface area contributed by atoms with Crippen molar-refractivity contribution in [3.63, 3.8) is 0 Å². The van der Waals surface area contributed by atoms with Gasteiger partial charge >= 0.3 is 0 Å². The summed E-state index contributed by atoms with van der Waals surface area (Å²) in [5, 5.41) is 4.33. The number of hydrogen-bond donors (Lipinski definition) is 0. The number of aromatic nitrogens is 4. The van der Waals surface area contributed by atoms with Gasteiger partial charge < -0.3 is 4.57 Å². The van der Waals surface area contributed by atoms with Crippen LogP contribution in [0.15, 0.2) is 55.2 Å². The lowest BCUT2D eigenvalue weighted by molar-refractivity contribution is 0.196. The third kappa shape index (κ3) is 3.12. The molecule has 3 aromatic rings. The molecule has 0 bridgehead atoms. The molecule has 0 aliphatic carbocycles. The van der Waals surface area contributed by atoms with Crippen LogP contribution >= 0.6 is 0 Å². The smallest absolute Gasteiger partial charge is 0.0991 e. The number of nitrogens with zero attached hydrogens (tertiary/aromatic N) is 5. The van der Waals surface area contributed by atoms with E-state index in [9.17, 15) is 0 Å². The highest BCUT2D eigenvalue weighted by Crippen LogP contribution is 2.27. The molecule has 24 heavy (non-hydrogen) atoms. The first-order valence-corrected chi connectivity index (χ1v) is 8.57. The van der Waals surface area contributed by atoms with Gasteiger partial charge in [-0.1, -0.05) is 12.1 Å². The van der Waals surface area contributed by atoms with E-state index in [1.165, 1.54) is 30.6 Å². The Morgan fingerprint density at radius 2 is 2.00 bits per heavy atom. The number of likely N-dealkylation sites (tertiary alicyclic amines) is 1. The molecule has 124 valence electrons. The van der Waals surface area contributed by atoms with Crippen LogP contribution in [0.4, 0.5) is 0 Å². The van der Waals surface area contributed by atoms with E-state index in [0.29, 0.717) is 5.92 Å². The summed E-state index contributed by atoms with van der Waals surface area (Å²) in [4.78, 5) is 6.66. The van der Waals surface area contributed by atoms with Gasteiger partial charge in [-0.05, 0) is 43.1 Å². The fourth-order valence-corrected chi connectivity index (χ4v) is 3.67. The Bertz CT molecular complexity index is 772. The predicted molar refractivity (Wildman–Crippen MR) is 94.0 cm³/mol. The van der Waals surface area contributed by atoms with Crippen molar-refractivity contribution < 1.29 is 0 Å². The summed E-state index contributed by atoms with van der Waals surface area (Å²) < 4.78 is 4.05. The molecule has 1 saturated heterocycles. The molecule has 5 heteroatoms. The normalized spacial score (nSPS) is 18.8. The number of benzene rings is 1. The highest BCUT2D eigenvalue weighted by molar-refractivity contribution is 5.34. The number of hydrogen-bond acceptors (Lipinski definition) is 3. The number of imidazole rings is 1. The fourth-order valence-electron chi connectivity index (χ4n) is 3.67. The monoisotopic (exact) mass is 321 g/mol. The van der Waals surface area contributed by atoms with Crippen LogP contribution < -0.4 is 0 Å². The van der Waals surface area contributed by atoms with E-state index in [0.717, 1.165) is 18.8 Å². The van der Waals surface area contributed by atoms with E-state index < -0.39 is 0 Å². The van der Waals surface area contributed by atoms with Crippen LogP contribution in [0.3, 0.4) is 0 Å². The molecular weight excluding hydrogens is 298 g/mol. The Morgan fingerprint density at radius 1 is 1.12 bits per heavy atom. The zero-order chi connectivity index (χ0) is 16.4. The maximum Gasteiger partial charge on any atom is 0.0991 e. The van der Waals surface area contributed by atoms with Crippen molar-refractivity contribution in [2.45, 2.75) is 25.3 Å². The van der Waals surface area contributed by atoms with Gasteiger partial charge in [0.1, 0.15) is 0 Å². The lowest BCUT2D eigenvalue weighted by Crippen LogP contribution is -2.34. The zero-order valence-electron chi connectivity index (χ0n) is 14.0. The van der Waals surface area contributed by atoms with Gasteiger partial charge in [0.05, 0.1) is 6.33 Å². The summed E-state index contributed by atoms with van der Waals surface area (Å²) in [5.41, 5.74) is 3.88. The quantitative estimate of drug-likeness (QED) is 0.741. The molecule has 1 atom stereocenters. The summed E-state index contributed by atoms with van der Waals surface area (Å²) in [6.45, 7) is 3.30. The minimum absolute atomic E-state index is 0.594. The molecule has 1 aliphatic rings. The van der Waals surface area contributed by atoms with Gasteiger partial charge in [-0.3, -0.25) is 9.58 Å². The molecule has 2 aromatic heterocycles. The number of piperidine rings is 1. The second-order valence-electron chi connectivity index (χ2n) is 6.59. The van der Waals surface area contributed by atoms with E-state index in [1.807, 2.05) is 35.0 Å². The van der Waals surface area contributed by atoms with Crippen LogP contribution in [0, 0.1) is 0 Å². The van der Waals surface area contributed by atoms with E-state index in [-0.39, 0.29) is 0 Å². The van der Waals surface area contributed by atoms with Crippen LogP contribution in [0.1, 0.15) is 30.0 Å². The topological polar surface area (TPSA) is 38.9 Å². The Kier molecular flexibility index (Phi) is 4.17. The zero-order valence-corrected chi connectivity index (χ0v) is 14.0. The van der Waals surface area contributed by atoms with E-state index in [1.54, 1.807) is 6.20 Å². The molecule has 4 rings (SSSR count). The molecule has 0 radical (unpaired) electrons. The van der Waals surface area contributed by atoms with Gasteiger partial charge in [0, 0.05) is 56.0 Å². The van der Waals surface area contributed by atoms with Crippen LogP contribution in [-0.4, -0.2) is 37.3 Å². The molecule has 5 nitrogen and oxygen atoms in total. The number of aryl methyl sites for hydroxylation is 1. The van der Waals surface area contributed by atoms with Gasteiger partial charge in [0.2, 0.25) is 0 Å². The van der Waals surface area contributed by atoms with Gasteiger partial charge in [-0.2, -0.15) is 5.10 Å². The number of rotatable bonds is 4. The second-order valence-corrected chi connectivity index (χ2v) is 6.59. The maximum atomic E-state index is 4.33. The first-order chi connectivity index (χ1) is 11.8. The van der Waals surface area contributed by atoms with E-state index >= 15 is 0 Å². The first kappa shape index (κ1) is 15.1. The summed E-state index contributed by atoms with van der Waals surface area (Å²) in [7, 11) is 2.04. The standard InChI is InChI=1S/C19H23N5/c1-22-19(8-9-21-22)17-3-2-11-23(14-17)13-16-4-6-18(7-5-16)24-12-10-20-15-24/h4-10,12,15,17H,2-3,11,13-14H2,1H3/t17-/m0/s1. The molecule has 0 amide bonds. The third-order valence-electron chi connectivity index (χ3n) is 4.93. The van der Waals surface area contributed by atoms with Crippen LogP contribution in [0.25, 0.3) is 5.69 Å². The molecule has 0 unspecified atom stereocenters. The van der Waals surface area contributed by atoms with Gasteiger partial charge in [0.25, 0.3) is 0 Å². The van der Waals surface area contributed by atoms with Crippen molar-refractivity contribution in [3.05, 3.63) is 66.5 Å². The van der Waals surface area contributed by atoms with Gasteiger partial charge in [-0.15, -0.1) is 0 Å². The van der Waals surface area contributed by atoms with Gasteiger partial charge in [0.15, 0.2) is 0 Å². The largest absolute Gasteiger partial charge is 0.306 e. The summed E-state index contributed by atoms with van der Waals surface area (Å²) >= 11 is 0. The average molecular weight is 321 g/mol. The minimum Gasteiger partial charge on any atom is -0.306 e. The summed E-state index contributed by atoms with van der Waals surface area (Å²) in [6.07, 6.45) is 10.0. The molecular formula is C19H23N5. The van der Waals surface area contributed by atoms with Gasteiger partial charge in [-0.25, -0.2) is 4.98 Å². The molecule has 1 fully saturated rings. The third-order valence-corrected chi connectivity index (χ3v) is 4.93. The van der Waals surface area contributed by atoms with Crippen molar-refractivity contribution in [1.29, 1.82) is 0 Å². The lowest BCUT2D eigenvalue weighted by atomic mass is 9.94. The molecule has 0 saturated carbocycles. The van der Waals surface area contributed by atoms with Crippen molar-refractivity contribution in [2.24, 2.45) is 7.05 Å². The molecule has 1 aliphatic heterocycles. The van der Waals surface area contributed by atoms with Crippen molar-refractivity contribution >= 4 is 0 Å². The summed E-state index contributed by atoms with van der Waals surface area (Å²) in [6, 6.07) is 10.9. The van der Waals surface area contributed by atoms with Crippen LogP contribution in [-0.2, 0) is 13.6 Å². The Hall–Kier alpha value is -2.40. The van der Waals surface area contributed by atoms with Crippen molar-refractivity contribution in [2.75, 3.05) is 13.1 Å². The molecule has 0 spiro atoms. The van der Waals surface area contributed by atoms with Crippen molar-refractivity contribution in [3.8, 4) is 5.69 Å². The highest BCUT2D eigenvalue weighted by Gasteiger charge is 2.23. The second kappa shape index (κ2) is 6.61. The van der Waals surface area contributed by atoms with E-state index in [4.69, 9.17) is 0 Å². The van der Waals surface area contributed by atoms with Crippen LogP contribution in [0.2, 0.25) is 0 Å². The molecule has 0 N–H and O–H groups in total. The summed E-state index contributed by atoms with van der Waals surface area (Å²) in [5.74, 6) is 0.594. The molecule has 1 aromatic carbocycles. The van der Waals surface area contributed by atoms with Crippen molar-refractivity contribution in [1.82, 2.24) is 24.2 Å². The first-order valence-electron chi connectivity index (χ1n) is 8.57. The van der Waals surface area contributed by atoms with Crippen LogP contribution in [0.5, 0.6) is 0 Å². The Morgan fingerprint density at radius 3 is 2.71 bits per heavy atom. The SMILES string of the molecule is Cn1nccc1[C@H]1CCCN(Cc2ccc(-n3ccnc3)cc2)C1. The fraction of sp³-hybridized carbons (Fsp3) is 0.368. The Labute approximate surface area is 142 Å². The average Bonchev–Trinajstić information content (AvgIpc) is 3.27. The van der Waals surface area contributed by atoms with E-state index in [2.05, 4.69) is 45.3 Å². The molecule has 3 heterocycles. The highest BCUT2D eigenvalue weighted by atomic mass is 15.3. The minimum atomic E-state index is 0.594. The maximum absolute atomic E-state index is 4.33. The lowest BCUT2D eigenvalue weighted by Gasteiger charge is -2.32.